The second-order valence-corrected chi connectivity index (χ2v) is 9.17. The number of methoxy groups -OCH3 is 1. The number of sulfonamides is 1. The predicted molar refractivity (Wildman–Crippen MR) is 117 cm³/mol. The molecule has 3 aromatic rings. The summed E-state index contributed by atoms with van der Waals surface area (Å²) in [5, 5.41) is 2.20. The van der Waals surface area contributed by atoms with Crippen molar-refractivity contribution >= 4 is 33.2 Å². The number of hydrogen-bond donors (Lipinski definition) is 1. The summed E-state index contributed by atoms with van der Waals surface area (Å²) in [5.41, 5.74) is -0.0647. The number of benzene rings is 3. The Morgan fingerprint density at radius 1 is 1.03 bits per heavy atom. The number of ether oxygens (including phenoxy) is 1. The SMILES string of the molecule is COc1ccc(Cl)cc1S(=O)(=O)N(CC(=O)Nc1ccc(F)c(F)c1F)Cc1ccccc1. The van der Waals surface area contributed by atoms with Gasteiger partial charge in [-0.15, -0.1) is 0 Å². The van der Waals surface area contributed by atoms with Gasteiger partial charge in [-0.2, -0.15) is 4.31 Å². The van der Waals surface area contributed by atoms with Crippen molar-refractivity contribution in [3.05, 3.63) is 88.7 Å². The monoisotopic (exact) mass is 498 g/mol. The van der Waals surface area contributed by atoms with Gasteiger partial charge in [0.25, 0.3) is 0 Å². The van der Waals surface area contributed by atoms with Gasteiger partial charge in [0.1, 0.15) is 10.6 Å². The van der Waals surface area contributed by atoms with Gasteiger partial charge in [-0.1, -0.05) is 41.9 Å². The van der Waals surface area contributed by atoms with Crippen LogP contribution in [0, 0.1) is 17.5 Å². The van der Waals surface area contributed by atoms with Gasteiger partial charge in [-0.05, 0) is 35.9 Å². The van der Waals surface area contributed by atoms with Crippen LogP contribution in [0.4, 0.5) is 18.9 Å². The largest absolute Gasteiger partial charge is 0.495 e. The van der Waals surface area contributed by atoms with E-state index in [1.54, 1.807) is 30.3 Å². The molecule has 0 aliphatic heterocycles. The molecule has 0 heterocycles. The molecule has 0 saturated heterocycles. The van der Waals surface area contributed by atoms with Crippen molar-refractivity contribution in [2.75, 3.05) is 19.0 Å². The third kappa shape index (κ3) is 5.65. The molecule has 0 atom stereocenters. The van der Waals surface area contributed by atoms with Crippen molar-refractivity contribution in [2.24, 2.45) is 0 Å². The number of carbonyl (C=O) groups is 1. The Morgan fingerprint density at radius 3 is 2.39 bits per heavy atom. The summed E-state index contributed by atoms with van der Waals surface area (Å²) >= 11 is 5.98. The van der Waals surface area contributed by atoms with Crippen molar-refractivity contribution in [1.29, 1.82) is 0 Å². The van der Waals surface area contributed by atoms with Crippen LogP contribution in [0.3, 0.4) is 0 Å². The van der Waals surface area contributed by atoms with Gasteiger partial charge in [0.2, 0.25) is 15.9 Å². The fourth-order valence-corrected chi connectivity index (χ4v) is 4.78. The average molecular weight is 499 g/mol. The number of amides is 1. The zero-order valence-electron chi connectivity index (χ0n) is 17.2. The van der Waals surface area contributed by atoms with E-state index in [9.17, 15) is 26.4 Å². The van der Waals surface area contributed by atoms with E-state index < -0.39 is 45.6 Å². The maximum absolute atomic E-state index is 14.0. The van der Waals surface area contributed by atoms with E-state index in [1.807, 2.05) is 0 Å². The second kappa shape index (κ2) is 10.2. The third-order valence-electron chi connectivity index (χ3n) is 4.57. The molecule has 0 aliphatic rings. The van der Waals surface area contributed by atoms with Gasteiger partial charge < -0.3 is 10.1 Å². The normalized spacial score (nSPS) is 11.5. The van der Waals surface area contributed by atoms with E-state index in [1.165, 1.54) is 25.3 Å². The van der Waals surface area contributed by atoms with Crippen LogP contribution in [-0.4, -0.2) is 32.3 Å². The molecule has 0 unspecified atom stereocenters. The van der Waals surface area contributed by atoms with Crippen molar-refractivity contribution < 1.29 is 31.1 Å². The molecule has 174 valence electrons. The maximum atomic E-state index is 14.0. The number of carbonyl (C=O) groups excluding carboxylic acids is 1. The van der Waals surface area contributed by atoms with Gasteiger partial charge in [0.05, 0.1) is 19.3 Å². The van der Waals surface area contributed by atoms with Crippen LogP contribution in [0.15, 0.2) is 65.6 Å². The van der Waals surface area contributed by atoms with Crippen molar-refractivity contribution in [3.63, 3.8) is 0 Å². The lowest BCUT2D eigenvalue weighted by molar-refractivity contribution is -0.116. The summed E-state index contributed by atoms with van der Waals surface area (Å²) in [6.45, 7) is -0.974. The van der Waals surface area contributed by atoms with Gasteiger partial charge in [0.15, 0.2) is 17.5 Å². The molecule has 1 amide bonds. The minimum Gasteiger partial charge on any atom is -0.495 e. The van der Waals surface area contributed by atoms with Crippen LogP contribution < -0.4 is 10.1 Å². The fourth-order valence-electron chi connectivity index (χ4n) is 2.98. The molecule has 0 saturated carbocycles. The fraction of sp³-hybridized carbons (Fsp3) is 0.136. The Morgan fingerprint density at radius 2 is 1.73 bits per heavy atom. The molecule has 33 heavy (non-hydrogen) atoms. The predicted octanol–water partition coefficient (Wildman–Crippen LogP) is 4.60. The van der Waals surface area contributed by atoms with E-state index >= 15 is 0 Å². The minimum atomic E-state index is -4.34. The lowest BCUT2D eigenvalue weighted by Gasteiger charge is -2.23. The summed E-state index contributed by atoms with van der Waals surface area (Å²) in [4.78, 5) is 12.3. The number of nitrogens with zero attached hydrogens (tertiary/aromatic N) is 1. The highest BCUT2D eigenvalue weighted by Crippen LogP contribution is 2.30. The number of anilines is 1. The van der Waals surface area contributed by atoms with E-state index in [2.05, 4.69) is 5.32 Å². The summed E-state index contributed by atoms with van der Waals surface area (Å²) in [7, 11) is -3.06. The Labute approximate surface area is 193 Å². The highest BCUT2D eigenvalue weighted by atomic mass is 35.5. The Hall–Kier alpha value is -3.08. The first-order valence-corrected chi connectivity index (χ1v) is 11.3. The number of nitrogens with one attached hydrogen (secondary N) is 1. The summed E-state index contributed by atoms with van der Waals surface area (Å²) < 4.78 is 73.5. The molecule has 0 aliphatic carbocycles. The topological polar surface area (TPSA) is 75.7 Å². The first-order chi connectivity index (χ1) is 15.6. The van der Waals surface area contributed by atoms with E-state index in [4.69, 9.17) is 16.3 Å². The summed E-state index contributed by atoms with van der Waals surface area (Å²) in [6.07, 6.45) is 0. The Bertz CT molecular complexity index is 1270. The molecule has 0 radical (unpaired) electrons. The highest BCUT2D eigenvalue weighted by Gasteiger charge is 2.30. The molecule has 0 bridgehead atoms. The molecule has 6 nitrogen and oxygen atoms in total. The van der Waals surface area contributed by atoms with E-state index in [0.29, 0.717) is 11.6 Å². The van der Waals surface area contributed by atoms with Crippen LogP contribution in [0.5, 0.6) is 5.75 Å². The quantitative estimate of drug-likeness (QED) is 0.461. The first-order valence-electron chi connectivity index (χ1n) is 9.44. The Kier molecular flexibility index (Phi) is 7.62. The molecule has 11 heteroatoms. The Balaban J connectivity index is 1.96. The van der Waals surface area contributed by atoms with E-state index in [0.717, 1.165) is 10.4 Å². The zero-order valence-corrected chi connectivity index (χ0v) is 18.8. The smallest absolute Gasteiger partial charge is 0.247 e. The van der Waals surface area contributed by atoms with Crippen molar-refractivity contribution in [2.45, 2.75) is 11.4 Å². The van der Waals surface area contributed by atoms with Gasteiger partial charge in [-0.25, -0.2) is 21.6 Å². The minimum absolute atomic E-state index is 0.00419. The molecule has 3 rings (SSSR count). The van der Waals surface area contributed by atoms with Crippen LogP contribution >= 0.6 is 11.6 Å². The summed E-state index contributed by atoms with van der Waals surface area (Å²) in [5.74, 6) is -5.75. The number of rotatable bonds is 8. The first kappa shape index (κ1) is 24.6. The third-order valence-corrected chi connectivity index (χ3v) is 6.62. The van der Waals surface area contributed by atoms with Crippen LogP contribution in [-0.2, 0) is 21.4 Å². The molecule has 0 spiro atoms. The molecule has 0 aromatic heterocycles. The standard InChI is InChI=1S/C22H18ClF3N2O4S/c1-32-18-10-7-15(23)11-19(18)33(30,31)28(12-14-5-3-2-4-6-14)13-20(29)27-17-9-8-16(24)21(25)22(17)26/h2-11H,12-13H2,1H3,(H,27,29). The van der Waals surface area contributed by atoms with Crippen LogP contribution in [0.1, 0.15) is 5.56 Å². The van der Waals surface area contributed by atoms with Gasteiger partial charge in [-0.3, -0.25) is 4.79 Å². The van der Waals surface area contributed by atoms with E-state index in [-0.39, 0.29) is 22.2 Å². The molecule has 1 N–H and O–H groups in total. The maximum Gasteiger partial charge on any atom is 0.247 e. The molecule has 3 aromatic carbocycles. The lowest BCUT2D eigenvalue weighted by Crippen LogP contribution is -2.38. The van der Waals surface area contributed by atoms with Crippen LogP contribution in [0.25, 0.3) is 0 Å². The van der Waals surface area contributed by atoms with Crippen molar-refractivity contribution in [3.8, 4) is 5.75 Å². The van der Waals surface area contributed by atoms with Gasteiger partial charge >= 0.3 is 0 Å². The molecule has 0 fully saturated rings. The van der Waals surface area contributed by atoms with Gasteiger partial charge in [0, 0.05) is 11.6 Å². The number of hydrogen-bond acceptors (Lipinski definition) is 4. The number of halogens is 4. The van der Waals surface area contributed by atoms with Crippen molar-refractivity contribution in [1.82, 2.24) is 4.31 Å². The molecular weight excluding hydrogens is 481 g/mol. The second-order valence-electron chi connectivity index (χ2n) is 6.82. The lowest BCUT2D eigenvalue weighted by atomic mass is 10.2. The van der Waals surface area contributed by atoms with Crippen LogP contribution in [0.2, 0.25) is 5.02 Å². The molecular formula is C22H18ClF3N2O4S. The zero-order chi connectivity index (χ0) is 24.2. The summed E-state index contributed by atoms with van der Waals surface area (Å²) in [6, 6.07) is 13.9. The highest BCUT2D eigenvalue weighted by molar-refractivity contribution is 7.89. The average Bonchev–Trinajstić information content (AvgIpc) is 2.79.